The summed E-state index contributed by atoms with van der Waals surface area (Å²) in [6.45, 7) is 13.5. The monoisotopic (exact) mass is 967 g/mol. The number of rotatable bonds is 51. The third kappa shape index (κ3) is 36.2. The number of ether oxygens (including phenoxy) is 3. The highest BCUT2D eigenvalue weighted by atomic mass is 16.6. The Labute approximate surface area is 428 Å². The summed E-state index contributed by atoms with van der Waals surface area (Å²) in [4.78, 5) is 43.2. The lowest BCUT2D eigenvalue weighted by atomic mass is 10.00. The average molecular weight is 968 g/mol. The summed E-state index contributed by atoms with van der Waals surface area (Å²) < 4.78 is 19.2. The third-order valence-corrected chi connectivity index (χ3v) is 14.5. The minimum atomic E-state index is -0.526. The molecule has 0 N–H and O–H groups in total. The van der Waals surface area contributed by atoms with Crippen molar-refractivity contribution in [3.63, 3.8) is 0 Å². The summed E-state index contributed by atoms with van der Waals surface area (Å²) in [5, 5.41) is 0. The topological polar surface area (TPSA) is 78.9 Å². The van der Waals surface area contributed by atoms with E-state index in [-0.39, 0.29) is 29.4 Å². The lowest BCUT2D eigenvalue weighted by molar-refractivity contribution is 0.0198. The molecule has 1 aromatic carbocycles. The Bertz CT molecular complexity index is 1320. The van der Waals surface area contributed by atoms with Crippen LogP contribution in [0.5, 0.6) is 0 Å². The van der Waals surface area contributed by atoms with Gasteiger partial charge in [-0.05, 0) is 95.2 Å². The van der Waals surface area contributed by atoms with Crippen LogP contribution >= 0.6 is 0 Å². The van der Waals surface area contributed by atoms with E-state index >= 15 is 0 Å². The molecule has 3 unspecified atom stereocenters. The molecule has 6 heteroatoms. The van der Waals surface area contributed by atoms with Gasteiger partial charge in [-0.15, -0.1) is 0 Å². The van der Waals surface area contributed by atoms with Crippen LogP contribution in [0.25, 0.3) is 0 Å². The Kier molecular flexibility index (Phi) is 44.9. The maximum Gasteiger partial charge on any atom is 0.339 e. The Morgan fingerprint density at radius 3 is 0.768 bits per heavy atom. The molecule has 0 heterocycles. The molecule has 1 aromatic rings. The van der Waals surface area contributed by atoms with Gasteiger partial charge in [0.2, 0.25) is 0 Å². The van der Waals surface area contributed by atoms with Gasteiger partial charge in [0.05, 0.1) is 16.7 Å². The Morgan fingerprint density at radius 1 is 0.290 bits per heavy atom. The lowest BCUT2D eigenvalue weighted by Gasteiger charge is -2.22. The molecule has 3 atom stereocenters. The zero-order valence-corrected chi connectivity index (χ0v) is 46.7. The van der Waals surface area contributed by atoms with E-state index in [1.165, 1.54) is 173 Å². The second-order valence-corrected chi connectivity index (χ2v) is 21.2. The van der Waals surface area contributed by atoms with E-state index in [9.17, 15) is 14.4 Å². The van der Waals surface area contributed by atoms with Crippen LogP contribution in [-0.2, 0) is 14.2 Å². The second-order valence-electron chi connectivity index (χ2n) is 21.2. The number of carbonyl (C=O) groups is 3. The number of carbonyl (C=O) groups excluding carboxylic acids is 3. The van der Waals surface area contributed by atoms with Crippen LogP contribution in [0.3, 0.4) is 0 Å². The Hall–Kier alpha value is -2.37. The quantitative estimate of drug-likeness (QED) is 0.0368. The fraction of sp³-hybridized carbons (Fsp3) is 0.857. The van der Waals surface area contributed by atoms with Crippen molar-refractivity contribution < 1.29 is 28.6 Å². The van der Waals surface area contributed by atoms with Crippen LogP contribution in [-0.4, -0.2) is 36.2 Å². The number of esters is 3. The first-order chi connectivity index (χ1) is 33.8. The average Bonchev–Trinajstić information content (AvgIpc) is 3.35. The molecule has 0 aromatic heterocycles. The number of benzene rings is 1. The molecule has 402 valence electrons. The van der Waals surface area contributed by atoms with Gasteiger partial charge in [-0.3, -0.25) is 0 Å². The molecule has 0 saturated heterocycles. The molecule has 0 aliphatic rings. The fourth-order valence-electron chi connectivity index (χ4n) is 9.90. The minimum Gasteiger partial charge on any atom is -0.459 e. The largest absolute Gasteiger partial charge is 0.459 e. The van der Waals surface area contributed by atoms with Crippen LogP contribution in [0.15, 0.2) is 18.2 Å². The molecule has 0 amide bonds. The van der Waals surface area contributed by atoms with Crippen molar-refractivity contribution in [2.24, 2.45) is 0 Å². The highest BCUT2D eigenvalue weighted by Gasteiger charge is 2.27. The van der Waals surface area contributed by atoms with Gasteiger partial charge >= 0.3 is 17.9 Å². The van der Waals surface area contributed by atoms with E-state index in [0.717, 1.165) is 116 Å². The van der Waals surface area contributed by atoms with E-state index < -0.39 is 17.9 Å². The van der Waals surface area contributed by atoms with Gasteiger partial charge in [0.25, 0.3) is 0 Å². The molecule has 69 heavy (non-hydrogen) atoms. The van der Waals surface area contributed by atoms with Gasteiger partial charge in [0, 0.05) is 0 Å². The smallest absolute Gasteiger partial charge is 0.339 e. The van der Waals surface area contributed by atoms with Gasteiger partial charge in [-0.1, -0.05) is 253 Å². The molecule has 0 saturated carbocycles. The van der Waals surface area contributed by atoms with Crippen molar-refractivity contribution in [3.05, 3.63) is 34.9 Å². The first kappa shape index (κ1) is 64.6. The summed E-state index contributed by atoms with van der Waals surface area (Å²) in [7, 11) is 0. The summed E-state index contributed by atoms with van der Waals surface area (Å²) in [6.07, 6.45) is 51.0. The standard InChI is InChI=1S/C63H114O6/c1-7-13-19-25-31-37-43-47-56(46-40-34-28-22-16-10-4)67-61(64)55-52-53-59(62(65)68-57(48-41-35-29-23-17-11-5)49-44-38-32-26-20-14-8-2)60(54-55)63(66)69-58(50-42-36-30-24-18-12-6)51-45-39-33-27-21-15-9-3/h52-54,56-58H,7-51H2,1-6H3. The van der Waals surface area contributed by atoms with E-state index in [1.54, 1.807) is 18.2 Å². The zero-order valence-electron chi connectivity index (χ0n) is 46.7. The van der Waals surface area contributed by atoms with Gasteiger partial charge < -0.3 is 14.2 Å². The van der Waals surface area contributed by atoms with Crippen molar-refractivity contribution >= 4 is 17.9 Å². The van der Waals surface area contributed by atoms with Crippen LogP contribution < -0.4 is 0 Å². The summed E-state index contributed by atoms with van der Waals surface area (Å²) in [5.74, 6) is -1.43. The first-order valence-corrected chi connectivity index (χ1v) is 30.6. The van der Waals surface area contributed by atoms with Crippen molar-refractivity contribution in [2.45, 2.75) is 349 Å². The van der Waals surface area contributed by atoms with Gasteiger partial charge in [-0.2, -0.15) is 0 Å². The van der Waals surface area contributed by atoms with Crippen LogP contribution in [0.1, 0.15) is 362 Å². The molecule has 0 fully saturated rings. The maximum atomic E-state index is 14.6. The van der Waals surface area contributed by atoms with E-state index in [0.29, 0.717) is 5.56 Å². The van der Waals surface area contributed by atoms with Gasteiger partial charge in [0.15, 0.2) is 0 Å². The molecule has 6 nitrogen and oxygen atoms in total. The van der Waals surface area contributed by atoms with Crippen LogP contribution in [0, 0.1) is 0 Å². The van der Waals surface area contributed by atoms with Gasteiger partial charge in [-0.25, -0.2) is 14.4 Å². The molecule has 0 bridgehead atoms. The zero-order chi connectivity index (χ0) is 50.3. The molecule has 0 radical (unpaired) electrons. The Balaban J connectivity index is 3.46. The van der Waals surface area contributed by atoms with Crippen molar-refractivity contribution in [3.8, 4) is 0 Å². The van der Waals surface area contributed by atoms with E-state index in [4.69, 9.17) is 14.2 Å². The van der Waals surface area contributed by atoms with Crippen LogP contribution in [0.4, 0.5) is 0 Å². The highest BCUT2D eigenvalue weighted by Crippen LogP contribution is 2.26. The minimum absolute atomic E-state index is 0.135. The Morgan fingerprint density at radius 2 is 0.507 bits per heavy atom. The highest BCUT2D eigenvalue weighted by molar-refractivity contribution is 6.05. The first-order valence-electron chi connectivity index (χ1n) is 30.6. The van der Waals surface area contributed by atoms with Crippen LogP contribution in [0.2, 0.25) is 0 Å². The maximum absolute atomic E-state index is 14.6. The molecular weight excluding hydrogens is 853 g/mol. The number of hydrogen-bond acceptors (Lipinski definition) is 6. The van der Waals surface area contributed by atoms with Crippen molar-refractivity contribution in [2.75, 3.05) is 0 Å². The molecular formula is C63H114O6. The molecule has 0 aliphatic heterocycles. The normalized spacial score (nSPS) is 12.8. The predicted molar refractivity (Wildman–Crippen MR) is 296 cm³/mol. The van der Waals surface area contributed by atoms with Crippen molar-refractivity contribution in [1.82, 2.24) is 0 Å². The predicted octanol–water partition coefficient (Wildman–Crippen LogP) is 20.9. The van der Waals surface area contributed by atoms with E-state index in [1.807, 2.05) is 0 Å². The summed E-state index contributed by atoms with van der Waals surface area (Å²) >= 11 is 0. The SMILES string of the molecule is CCCCCCCCCC(CCCCCCCC)OC(=O)c1ccc(C(=O)OC(CCCCCCCC)CCCCCCCCC)c(C(=O)OC(CCCCCCCC)CCCCCCCCC)c1. The second kappa shape index (κ2) is 47.9. The number of unbranched alkanes of at least 4 members (excludes halogenated alkanes) is 33. The summed E-state index contributed by atoms with van der Waals surface area (Å²) in [6, 6.07) is 4.91. The fourth-order valence-corrected chi connectivity index (χ4v) is 9.90. The molecule has 0 spiro atoms. The third-order valence-electron chi connectivity index (χ3n) is 14.5. The van der Waals surface area contributed by atoms with E-state index in [2.05, 4.69) is 41.5 Å². The van der Waals surface area contributed by atoms with Crippen molar-refractivity contribution in [1.29, 1.82) is 0 Å². The number of hydrogen-bond donors (Lipinski definition) is 0. The lowest BCUT2D eigenvalue weighted by Crippen LogP contribution is -2.24. The summed E-state index contributed by atoms with van der Waals surface area (Å²) in [5.41, 5.74) is 0.637. The van der Waals surface area contributed by atoms with Gasteiger partial charge in [0.1, 0.15) is 18.3 Å². The molecule has 0 aliphatic carbocycles. The molecule has 1 rings (SSSR count).